The molecule has 1 spiro atoms. The molecule has 0 aromatic heterocycles. The zero-order chi connectivity index (χ0) is 14.7. The zero-order valence-corrected chi connectivity index (χ0v) is 13.0. The summed E-state index contributed by atoms with van der Waals surface area (Å²) in [7, 11) is 0. The summed E-state index contributed by atoms with van der Waals surface area (Å²) >= 11 is 0. The van der Waals surface area contributed by atoms with Crippen LogP contribution in [0.25, 0.3) is 0 Å². The van der Waals surface area contributed by atoms with Gasteiger partial charge < -0.3 is 10.6 Å². The minimum atomic E-state index is 0.0889. The molecule has 1 saturated heterocycles. The van der Waals surface area contributed by atoms with E-state index in [4.69, 9.17) is 0 Å². The molecule has 1 aromatic rings. The summed E-state index contributed by atoms with van der Waals surface area (Å²) in [5.41, 5.74) is 2.16. The van der Waals surface area contributed by atoms with Crippen LogP contribution < -0.4 is 10.6 Å². The highest BCUT2D eigenvalue weighted by molar-refractivity contribution is 5.95. The number of hydrogen-bond donors (Lipinski definition) is 2. The number of amides is 1. The quantitative estimate of drug-likeness (QED) is 0.876. The predicted molar refractivity (Wildman–Crippen MR) is 85.5 cm³/mol. The van der Waals surface area contributed by atoms with Crippen LogP contribution in [0.1, 0.15) is 60.9 Å². The van der Waals surface area contributed by atoms with Crippen molar-refractivity contribution in [2.45, 2.75) is 63.5 Å². The molecule has 1 atom stereocenters. The first-order chi connectivity index (χ1) is 10.2. The molecule has 1 saturated carbocycles. The number of aryl methyl sites for hydroxylation is 1. The predicted octanol–water partition coefficient (Wildman–Crippen LogP) is 3.18. The summed E-state index contributed by atoms with van der Waals surface area (Å²) in [6, 6.07) is 8.15. The van der Waals surface area contributed by atoms with E-state index in [9.17, 15) is 4.79 Å². The standard InChI is InChI=1S/C18H26N2O/c1-14-7-3-4-8-16(14)17(21)20-15-9-12-19-18(13-15)10-5-2-6-11-18/h3-4,7-8,15,19H,2,5-6,9-13H2,1H3,(H,20,21). The lowest BCUT2D eigenvalue weighted by atomic mass is 9.75. The molecule has 1 aliphatic carbocycles. The Morgan fingerprint density at radius 2 is 2.00 bits per heavy atom. The molecule has 1 unspecified atom stereocenters. The zero-order valence-electron chi connectivity index (χ0n) is 13.0. The Labute approximate surface area is 127 Å². The van der Waals surface area contributed by atoms with Gasteiger partial charge >= 0.3 is 0 Å². The summed E-state index contributed by atoms with van der Waals surface area (Å²) in [6.45, 7) is 3.03. The maximum Gasteiger partial charge on any atom is 0.251 e. The van der Waals surface area contributed by atoms with Crippen LogP contribution in [-0.2, 0) is 0 Å². The molecule has 2 aliphatic rings. The van der Waals surface area contributed by atoms with E-state index in [1.165, 1.54) is 32.1 Å². The summed E-state index contributed by atoms with van der Waals surface area (Å²) < 4.78 is 0. The van der Waals surface area contributed by atoms with E-state index < -0.39 is 0 Å². The average molecular weight is 286 g/mol. The molecule has 3 nitrogen and oxygen atoms in total. The van der Waals surface area contributed by atoms with Crippen LogP contribution in [0.4, 0.5) is 0 Å². The first-order valence-corrected chi connectivity index (χ1v) is 8.30. The number of benzene rings is 1. The fourth-order valence-corrected chi connectivity index (χ4v) is 3.98. The Morgan fingerprint density at radius 3 is 2.76 bits per heavy atom. The molecule has 2 fully saturated rings. The number of carbonyl (C=O) groups excluding carboxylic acids is 1. The summed E-state index contributed by atoms with van der Waals surface area (Å²) in [6.07, 6.45) is 8.68. The summed E-state index contributed by atoms with van der Waals surface area (Å²) in [5, 5.41) is 7.01. The Hall–Kier alpha value is -1.35. The van der Waals surface area contributed by atoms with E-state index in [2.05, 4.69) is 10.6 Å². The van der Waals surface area contributed by atoms with Gasteiger partial charge in [-0.3, -0.25) is 4.79 Å². The second-order valence-corrected chi connectivity index (χ2v) is 6.75. The number of nitrogens with one attached hydrogen (secondary N) is 2. The fraction of sp³-hybridized carbons (Fsp3) is 0.611. The van der Waals surface area contributed by atoms with Gasteiger partial charge in [-0.15, -0.1) is 0 Å². The molecule has 1 amide bonds. The van der Waals surface area contributed by atoms with Gasteiger partial charge in [0.2, 0.25) is 0 Å². The van der Waals surface area contributed by atoms with E-state index in [0.717, 1.165) is 30.5 Å². The van der Waals surface area contributed by atoms with E-state index in [1.807, 2.05) is 31.2 Å². The fourth-order valence-electron chi connectivity index (χ4n) is 3.98. The molecule has 1 aliphatic heterocycles. The Bertz CT molecular complexity index is 500. The topological polar surface area (TPSA) is 41.1 Å². The minimum Gasteiger partial charge on any atom is -0.349 e. The Balaban J connectivity index is 1.65. The first-order valence-electron chi connectivity index (χ1n) is 8.30. The third-order valence-corrected chi connectivity index (χ3v) is 5.17. The van der Waals surface area contributed by atoms with Crippen molar-refractivity contribution >= 4 is 5.91 Å². The van der Waals surface area contributed by atoms with Crippen molar-refractivity contribution in [1.82, 2.24) is 10.6 Å². The molecule has 3 rings (SSSR count). The van der Waals surface area contributed by atoms with Gasteiger partial charge in [-0.25, -0.2) is 0 Å². The van der Waals surface area contributed by atoms with Crippen molar-refractivity contribution in [2.24, 2.45) is 0 Å². The molecule has 0 bridgehead atoms. The molecule has 0 radical (unpaired) electrons. The highest BCUT2D eigenvalue weighted by atomic mass is 16.1. The van der Waals surface area contributed by atoms with Crippen molar-refractivity contribution in [3.63, 3.8) is 0 Å². The van der Waals surface area contributed by atoms with Crippen LogP contribution in [0.5, 0.6) is 0 Å². The molecule has 21 heavy (non-hydrogen) atoms. The molecule has 2 N–H and O–H groups in total. The van der Waals surface area contributed by atoms with Gasteiger partial charge in [0.15, 0.2) is 0 Å². The molecular weight excluding hydrogens is 260 g/mol. The average Bonchev–Trinajstić information content (AvgIpc) is 2.48. The lowest BCUT2D eigenvalue weighted by Crippen LogP contribution is -2.57. The van der Waals surface area contributed by atoms with Crippen molar-refractivity contribution in [1.29, 1.82) is 0 Å². The van der Waals surface area contributed by atoms with Crippen LogP contribution in [0, 0.1) is 6.92 Å². The smallest absolute Gasteiger partial charge is 0.251 e. The van der Waals surface area contributed by atoms with Gasteiger partial charge in [-0.1, -0.05) is 37.5 Å². The molecular formula is C18H26N2O. The summed E-state index contributed by atoms with van der Waals surface area (Å²) in [5.74, 6) is 0.0889. The molecule has 3 heteroatoms. The Morgan fingerprint density at radius 1 is 1.24 bits per heavy atom. The van der Waals surface area contributed by atoms with Gasteiger partial charge in [-0.2, -0.15) is 0 Å². The lowest BCUT2D eigenvalue weighted by Gasteiger charge is -2.44. The van der Waals surface area contributed by atoms with Crippen LogP contribution in [0.15, 0.2) is 24.3 Å². The van der Waals surface area contributed by atoms with Gasteiger partial charge in [0.1, 0.15) is 0 Å². The number of piperidine rings is 1. The molecule has 1 heterocycles. The van der Waals surface area contributed by atoms with Crippen LogP contribution in [0.3, 0.4) is 0 Å². The van der Waals surface area contributed by atoms with Crippen molar-refractivity contribution in [3.8, 4) is 0 Å². The highest BCUT2D eigenvalue weighted by Crippen LogP contribution is 2.34. The number of rotatable bonds is 2. The highest BCUT2D eigenvalue weighted by Gasteiger charge is 2.37. The lowest BCUT2D eigenvalue weighted by molar-refractivity contribution is 0.0892. The largest absolute Gasteiger partial charge is 0.349 e. The van der Waals surface area contributed by atoms with Gasteiger partial charge in [0.05, 0.1) is 0 Å². The normalized spacial score (nSPS) is 24.7. The number of hydrogen-bond acceptors (Lipinski definition) is 2. The van der Waals surface area contributed by atoms with Crippen molar-refractivity contribution in [3.05, 3.63) is 35.4 Å². The van der Waals surface area contributed by atoms with Crippen LogP contribution in [-0.4, -0.2) is 24.0 Å². The summed E-state index contributed by atoms with van der Waals surface area (Å²) in [4.78, 5) is 12.5. The minimum absolute atomic E-state index is 0.0889. The second-order valence-electron chi connectivity index (χ2n) is 6.75. The third-order valence-electron chi connectivity index (χ3n) is 5.17. The first kappa shape index (κ1) is 14.6. The number of carbonyl (C=O) groups is 1. The van der Waals surface area contributed by atoms with E-state index in [-0.39, 0.29) is 5.91 Å². The third kappa shape index (κ3) is 3.29. The van der Waals surface area contributed by atoms with Crippen LogP contribution >= 0.6 is 0 Å². The maximum atomic E-state index is 12.5. The second kappa shape index (κ2) is 6.18. The van der Waals surface area contributed by atoms with E-state index in [0.29, 0.717) is 11.6 Å². The van der Waals surface area contributed by atoms with Crippen LogP contribution in [0.2, 0.25) is 0 Å². The van der Waals surface area contributed by atoms with E-state index >= 15 is 0 Å². The van der Waals surface area contributed by atoms with Gasteiger partial charge in [-0.05, 0) is 50.8 Å². The maximum absolute atomic E-state index is 12.5. The molecule has 1 aromatic carbocycles. The SMILES string of the molecule is Cc1ccccc1C(=O)NC1CCNC2(CCCCC2)C1. The van der Waals surface area contributed by atoms with Crippen molar-refractivity contribution in [2.75, 3.05) is 6.54 Å². The Kier molecular flexibility index (Phi) is 4.29. The van der Waals surface area contributed by atoms with E-state index in [1.54, 1.807) is 0 Å². The van der Waals surface area contributed by atoms with Crippen molar-refractivity contribution < 1.29 is 4.79 Å². The monoisotopic (exact) mass is 286 g/mol. The van der Waals surface area contributed by atoms with Gasteiger partial charge in [0.25, 0.3) is 5.91 Å². The molecule has 114 valence electrons. The van der Waals surface area contributed by atoms with Gasteiger partial charge in [0, 0.05) is 17.1 Å².